The molecule has 1 atom stereocenters. The molecular weight excluding hydrogens is 408 g/mol. The highest BCUT2D eigenvalue weighted by Crippen LogP contribution is 2.22. The second-order valence-corrected chi connectivity index (χ2v) is 9.45. The van der Waals surface area contributed by atoms with E-state index < -0.39 is 16.1 Å². The first-order chi connectivity index (χ1) is 14.0. The maximum atomic E-state index is 13.1. The van der Waals surface area contributed by atoms with Crippen LogP contribution in [0, 0.1) is 0 Å². The molecule has 0 radical (unpaired) electrons. The lowest BCUT2D eigenvalue weighted by atomic mass is 10.1. The van der Waals surface area contributed by atoms with Gasteiger partial charge in [-0.05, 0) is 37.0 Å². The lowest BCUT2D eigenvalue weighted by Crippen LogP contribution is -2.50. The normalized spacial score (nSPS) is 16.1. The Hall–Kier alpha value is -2.36. The first-order valence-corrected chi connectivity index (χ1v) is 11.8. The Bertz CT molecular complexity index is 1090. The van der Waals surface area contributed by atoms with Crippen LogP contribution >= 0.6 is 11.7 Å². The number of nitrogens with zero attached hydrogens (tertiary/aromatic N) is 2. The van der Waals surface area contributed by atoms with Crippen LogP contribution in [-0.4, -0.2) is 35.2 Å². The number of sulfonamides is 1. The number of carbonyl (C=O) groups excluding carboxylic acids is 1. The van der Waals surface area contributed by atoms with Crippen LogP contribution in [0.3, 0.4) is 0 Å². The van der Waals surface area contributed by atoms with E-state index in [0.717, 1.165) is 43.0 Å². The Labute approximate surface area is 173 Å². The molecule has 29 heavy (non-hydrogen) atoms. The fraction of sp³-hybridized carbons (Fsp3) is 0.350. The van der Waals surface area contributed by atoms with E-state index in [2.05, 4.69) is 18.8 Å². The average Bonchev–Trinajstić information content (AvgIpc) is 3.39. The van der Waals surface area contributed by atoms with E-state index in [1.807, 2.05) is 30.3 Å². The van der Waals surface area contributed by atoms with Crippen molar-refractivity contribution in [2.24, 2.45) is 0 Å². The molecule has 7 nitrogen and oxygen atoms in total. The van der Waals surface area contributed by atoms with Crippen LogP contribution in [0.5, 0.6) is 0 Å². The Morgan fingerprint density at radius 2 is 1.83 bits per heavy atom. The molecule has 0 aliphatic heterocycles. The summed E-state index contributed by atoms with van der Waals surface area (Å²) in [7, 11) is -3.96. The molecule has 1 fully saturated rings. The van der Waals surface area contributed by atoms with Gasteiger partial charge in [-0.1, -0.05) is 49.2 Å². The third-order valence-corrected chi connectivity index (χ3v) is 7.18. The maximum absolute atomic E-state index is 13.1. The van der Waals surface area contributed by atoms with E-state index in [1.54, 1.807) is 12.1 Å². The molecule has 0 saturated heterocycles. The summed E-state index contributed by atoms with van der Waals surface area (Å²) in [5.74, 6) is -0.298. The van der Waals surface area contributed by atoms with Gasteiger partial charge in [-0.2, -0.15) is 13.5 Å². The zero-order valence-electron chi connectivity index (χ0n) is 15.7. The van der Waals surface area contributed by atoms with Gasteiger partial charge in [0.1, 0.15) is 22.0 Å². The second kappa shape index (κ2) is 8.56. The molecule has 152 valence electrons. The summed E-state index contributed by atoms with van der Waals surface area (Å²) < 4.78 is 37.1. The minimum atomic E-state index is -3.96. The van der Waals surface area contributed by atoms with Crippen LogP contribution in [0.1, 0.15) is 31.2 Å². The third-order valence-electron chi connectivity index (χ3n) is 5.14. The molecule has 1 aliphatic carbocycles. The number of amides is 1. The molecule has 1 amide bonds. The summed E-state index contributed by atoms with van der Waals surface area (Å²) in [6.07, 6.45) is 4.29. The number of benzene rings is 2. The van der Waals surface area contributed by atoms with Crippen molar-refractivity contribution in [2.75, 3.05) is 0 Å². The van der Waals surface area contributed by atoms with Crippen molar-refractivity contribution in [3.05, 3.63) is 54.1 Å². The number of aromatic nitrogens is 2. The Balaban J connectivity index is 1.61. The smallest absolute Gasteiger partial charge is 0.243 e. The van der Waals surface area contributed by atoms with E-state index in [4.69, 9.17) is 0 Å². The summed E-state index contributed by atoms with van der Waals surface area (Å²) >= 11 is 0.961. The lowest BCUT2D eigenvalue weighted by Gasteiger charge is -2.21. The molecular formula is C20H22N4O3S2. The highest BCUT2D eigenvalue weighted by Gasteiger charge is 2.29. The highest BCUT2D eigenvalue weighted by molar-refractivity contribution is 7.89. The van der Waals surface area contributed by atoms with Gasteiger partial charge < -0.3 is 5.32 Å². The summed E-state index contributed by atoms with van der Waals surface area (Å²) in [4.78, 5) is 13.0. The summed E-state index contributed by atoms with van der Waals surface area (Å²) in [6, 6.07) is 13.4. The summed E-state index contributed by atoms with van der Waals surface area (Å²) in [5.41, 5.74) is 1.72. The Kier molecular flexibility index (Phi) is 5.89. The zero-order chi connectivity index (χ0) is 20.3. The number of rotatable bonds is 7. The Morgan fingerprint density at radius 1 is 1.07 bits per heavy atom. The van der Waals surface area contributed by atoms with Gasteiger partial charge >= 0.3 is 0 Å². The molecule has 1 heterocycles. The first kappa shape index (κ1) is 19.9. The van der Waals surface area contributed by atoms with Crippen molar-refractivity contribution < 1.29 is 13.2 Å². The minimum Gasteiger partial charge on any atom is -0.352 e. The van der Waals surface area contributed by atoms with Gasteiger partial charge in [-0.25, -0.2) is 8.42 Å². The third kappa shape index (κ3) is 4.63. The lowest BCUT2D eigenvalue weighted by molar-refractivity contribution is -0.123. The highest BCUT2D eigenvalue weighted by atomic mass is 32.2. The average molecular weight is 431 g/mol. The quantitative estimate of drug-likeness (QED) is 0.600. The molecule has 1 saturated carbocycles. The van der Waals surface area contributed by atoms with Gasteiger partial charge in [-0.3, -0.25) is 4.79 Å². The number of carbonyl (C=O) groups is 1. The van der Waals surface area contributed by atoms with Crippen molar-refractivity contribution in [1.82, 2.24) is 18.8 Å². The molecule has 3 aromatic rings. The topological polar surface area (TPSA) is 101 Å². The van der Waals surface area contributed by atoms with Gasteiger partial charge in [0.2, 0.25) is 15.9 Å². The Morgan fingerprint density at radius 3 is 2.59 bits per heavy atom. The van der Waals surface area contributed by atoms with Crippen LogP contribution < -0.4 is 10.0 Å². The monoisotopic (exact) mass is 430 g/mol. The van der Waals surface area contributed by atoms with Crippen LogP contribution in [0.2, 0.25) is 0 Å². The molecule has 2 N–H and O–H groups in total. The van der Waals surface area contributed by atoms with Gasteiger partial charge in [-0.15, -0.1) is 0 Å². The number of hydrogen-bond acceptors (Lipinski definition) is 6. The molecule has 0 bridgehead atoms. The van der Waals surface area contributed by atoms with E-state index >= 15 is 0 Å². The van der Waals surface area contributed by atoms with E-state index in [9.17, 15) is 13.2 Å². The fourth-order valence-electron chi connectivity index (χ4n) is 3.66. The molecule has 0 spiro atoms. The van der Waals surface area contributed by atoms with Crippen molar-refractivity contribution in [3.8, 4) is 0 Å². The predicted molar refractivity (Wildman–Crippen MR) is 112 cm³/mol. The zero-order valence-corrected chi connectivity index (χ0v) is 17.4. The summed E-state index contributed by atoms with van der Waals surface area (Å²) in [6.45, 7) is 0. The molecule has 0 unspecified atom stereocenters. The van der Waals surface area contributed by atoms with Gasteiger partial charge in [0.25, 0.3) is 0 Å². The molecule has 1 aliphatic rings. The first-order valence-electron chi connectivity index (χ1n) is 9.61. The van der Waals surface area contributed by atoms with Crippen LogP contribution in [0.15, 0.2) is 53.4 Å². The maximum Gasteiger partial charge on any atom is 0.243 e. The van der Waals surface area contributed by atoms with Crippen molar-refractivity contribution >= 4 is 38.7 Å². The second-order valence-electron chi connectivity index (χ2n) is 7.24. The van der Waals surface area contributed by atoms with Crippen molar-refractivity contribution in [3.63, 3.8) is 0 Å². The van der Waals surface area contributed by atoms with Gasteiger partial charge in [0, 0.05) is 6.04 Å². The largest absolute Gasteiger partial charge is 0.352 e. The molecule has 1 aromatic heterocycles. The molecule has 4 rings (SSSR count). The SMILES string of the molecule is O=C(NC1CCCC1)[C@H](Cc1ccccc1)NS(=O)(=O)c1cccc2nsnc12. The van der Waals surface area contributed by atoms with E-state index in [-0.39, 0.29) is 23.3 Å². The van der Waals surface area contributed by atoms with Crippen molar-refractivity contribution in [1.29, 1.82) is 0 Å². The molecule has 9 heteroatoms. The minimum absolute atomic E-state index is 0.0375. The van der Waals surface area contributed by atoms with Crippen LogP contribution in [0.4, 0.5) is 0 Å². The predicted octanol–water partition coefficient (Wildman–Crippen LogP) is 2.64. The number of nitrogens with one attached hydrogen (secondary N) is 2. The van der Waals surface area contributed by atoms with Crippen LogP contribution in [-0.2, 0) is 21.2 Å². The number of hydrogen-bond donors (Lipinski definition) is 2. The van der Waals surface area contributed by atoms with Crippen molar-refractivity contribution in [2.45, 2.75) is 49.1 Å². The standard InChI is InChI=1S/C20H22N4O3S2/c25-20(21-15-9-4-5-10-15)17(13-14-7-2-1-3-8-14)24-29(26,27)18-12-6-11-16-19(18)23-28-22-16/h1-3,6-8,11-12,15,17,24H,4-5,9-10,13H2,(H,21,25)/t17-/m0/s1. The van der Waals surface area contributed by atoms with Gasteiger partial charge in [0.15, 0.2) is 0 Å². The summed E-state index contributed by atoms with van der Waals surface area (Å²) in [5, 5.41) is 3.01. The fourth-order valence-corrected chi connectivity index (χ4v) is 5.62. The molecule has 2 aromatic carbocycles. The van der Waals surface area contributed by atoms with Crippen LogP contribution in [0.25, 0.3) is 11.0 Å². The van der Waals surface area contributed by atoms with E-state index in [1.165, 1.54) is 6.07 Å². The number of fused-ring (bicyclic) bond motifs is 1. The van der Waals surface area contributed by atoms with Gasteiger partial charge in [0.05, 0.1) is 11.7 Å². The van der Waals surface area contributed by atoms with E-state index in [0.29, 0.717) is 11.0 Å².